The molecule has 8 heteroatoms. The number of nitrogens with zero attached hydrogens (tertiary/aromatic N) is 4. The van der Waals surface area contributed by atoms with Gasteiger partial charge in [-0.25, -0.2) is 0 Å². The third-order valence-electron chi connectivity index (χ3n) is 2.11. The van der Waals surface area contributed by atoms with Crippen LogP contribution in [-0.4, -0.2) is 25.5 Å². The number of tetrazole rings is 1. The molecule has 17 heavy (non-hydrogen) atoms. The van der Waals surface area contributed by atoms with Gasteiger partial charge in [-0.15, -0.1) is 10.2 Å². The highest BCUT2D eigenvalue weighted by Gasteiger charge is 2.08. The van der Waals surface area contributed by atoms with Gasteiger partial charge in [0.1, 0.15) is 0 Å². The monoisotopic (exact) mass is 234 g/mol. The quantitative estimate of drug-likeness (QED) is 0.603. The van der Waals surface area contributed by atoms with Crippen molar-refractivity contribution in [2.75, 3.05) is 5.32 Å². The number of aryl methyl sites for hydroxylation is 1. The van der Waals surface area contributed by atoms with E-state index < -0.39 is 4.92 Å². The van der Waals surface area contributed by atoms with Gasteiger partial charge >= 0.3 is 0 Å². The maximum absolute atomic E-state index is 10.7. The van der Waals surface area contributed by atoms with Crippen molar-refractivity contribution in [3.05, 3.63) is 39.7 Å². The fourth-order valence-corrected chi connectivity index (χ4v) is 1.41. The van der Waals surface area contributed by atoms with Crippen molar-refractivity contribution in [3.8, 4) is 0 Å². The molecule has 1 heterocycles. The molecular formula is C9H10N6O2. The van der Waals surface area contributed by atoms with Gasteiger partial charge < -0.3 is 5.32 Å². The third-order valence-corrected chi connectivity index (χ3v) is 2.11. The minimum absolute atomic E-state index is 0.0561. The van der Waals surface area contributed by atoms with E-state index in [1.165, 1.54) is 12.1 Å². The van der Waals surface area contributed by atoms with E-state index in [1.54, 1.807) is 6.92 Å². The predicted octanol–water partition coefficient (Wildman–Crippen LogP) is 1.03. The van der Waals surface area contributed by atoms with Crippen molar-refractivity contribution in [1.29, 1.82) is 0 Å². The van der Waals surface area contributed by atoms with E-state index in [9.17, 15) is 10.1 Å². The molecule has 0 fully saturated rings. The number of nitro groups is 1. The summed E-state index contributed by atoms with van der Waals surface area (Å²) in [4.78, 5) is 10.3. The van der Waals surface area contributed by atoms with Gasteiger partial charge in [0, 0.05) is 17.8 Å². The molecule has 0 saturated heterocycles. The Morgan fingerprint density at radius 2 is 2.29 bits per heavy atom. The van der Waals surface area contributed by atoms with Crippen molar-refractivity contribution in [2.45, 2.75) is 13.5 Å². The lowest BCUT2D eigenvalue weighted by Crippen LogP contribution is -2.02. The first kappa shape index (κ1) is 11.0. The van der Waals surface area contributed by atoms with Gasteiger partial charge in [-0.05, 0) is 18.6 Å². The van der Waals surface area contributed by atoms with Crippen LogP contribution in [0.15, 0.2) is 18.2 Å². The van der Waals surface area contributed by atoms with Crippen LogP contribution in [0.2, 0.25) is 0 Å². The van der Waals surface area contributed by atoms with Crippen LogP contribution >= 0.6 is 0 Å². The molecule has 0 atom stereocenters. The van der Waals surface area contributed by atoms with Gasteiger partial charge in [0.15, 0.2) is 5.82 Å². The fourth-order valence-electron chi connectivity index (χ4n) is 1.41. The molecule has 0 radical (unpaired) electrons. The zero-order valence-electron chi connectivity index (χ0n) is 9.04. The van der Waals surface area contributed by atoms with E-state index in [-0.39, 0.29) is 5.69 Å². The Bertz CT molecular complexity index is 524. The van der Waals surface area contributed by atoms with Crippen LogP contribution in [0.5, 0.6) is 0 Å². The molecule has 88 valence electrons. The highest BCUT2D eigenvalue weighted by atomic mass is 16.6. The molecule has 0 aliphatic rings. The number of hydrogen-bond donors (Lipinski definition) is 2. The predicted molar refractivity (Wildman–Crippen MR) is 59.3 cm³/mol. The Morgan fingerprint density at radius 3 is 2.94 bits per heavy atom. The zero-order chi connectivity index (χ0) is 12.3. The topological polar surface area (TPSA) is 110 Å². The van der Waals surface area contributed by atoms with Gasteiger partial charge in [-0.3, -0.25) is 10.1 Å². The lowest BCUT2D eigenvalue weighted by molar-refractivity contribution is -0.384. The molecule has 8 nitrogen and oxygen atoms in total. The number of hydrogen-bond acceptors (Lipinski definition) is 6. The summed E-state index contributed by atoms with van der Waals surface area (Å²) in [6.45, 7) is 2.16. The molecule has 0 spiro atoms. The summed E-state index contributed by atoms with van der Waals surface area (Å²) in [5.74, 6) is 0.495. The Labute approximate surface area is 96.2 Å². The van der Waals surface area contributed by atoms with Crippen LogP contribution in [0.4, 0.5) is 11.4 Å². The van der Waals surface area contributed by atoms with E-state index in [4.69, 9.17) is 0 Å². The van der Waals surface area contributed by atoms with Crippen LogP contribution in [0, 0.1) is 17.0 Å². The largest absolute Gasteiger partial charge is 0.377 e. The first-order chi connectivity index (χ1) is 8.15. The minimum Gasteiger partial charge on any atom is -0.377 e. The van der Waals surface area contributed by atoms with Gasteiger partial charge in [0.25, 0.3) is 5.69 Å². The number of aromatic amines is 1. The Balaban J connectivity index is 2.13. The van der Waals surface area contributed by atoms with Crippen LogP contribution < -0.4 is 5.32 Å². The first-order valence-electron chi connectivity index (χ1n) is 4.87. The summed E-state index contributed by atoms with van der Waals surface area (Å²) < 4.78 is 0. The lowest BCUT2D eigenvalue weighted by Gasteiger charge is -2.04. The minimum atomic E-state index is -0.424. The Hall–Kier alpha value is -2.51. The summed E-state index contributed by atoms with van der Waals surface area (Å²) in [6, 6.07) is 4.79. The third kappa shape index (κ3) is 2.74. The van der Waals surface area contributed by atoms with E-state index in [1.807, 2.05) is 6.07 Å². The summed E-state index contributed by atoms with van der Waals surface area (Å²) >= 11 is 0. The highest BCUT2D eigenvalue weighted by molar-refractivity contribution is 5.53. The summed E-state index contributed by atoms with van der Waals surface area (Å²) in [5.41, 5.74) is 1.52. The highest BCUT2D eigenvalue weighted by Crippen LogP contribution is 2.20. The van der Waals surface area contributed by atoms with E-state index in [2.05, 4.69) is 25.9 Å². The van der Waals surface area contributed by atoms with Gasteiger partial charge in [-0.1, -0.05) is 5.21 Å². The number of nitro benzene ring substituents is 1. The average Bonchev–Trinajstić information content (AvgIpc) is 2.78. The summed E-state index contributed by atoms with van der Waals surface area (Å²) in [7, 11) is 0. The molecular weight excluding hydrogens is 224 g/mol. The van der Waals surface area contributed by atoms with Crippen LogP contribution in [0.1, 0.15) is 11.4 Å². The molecule has 2 rings (SSSR count). The number of aromatic nitrogens is 4. The number of non-ortho nitro benzene ring substituents is 1. The summed E-state index contributed by atoms with van der Waals surface area (Å²) in [6.07, 6.45) is 0. The second kappa shape index (κ2) is 4.56. The molecule has 0 aliphatic carbocycles. The number of H-pyrrole nitrogens is 1. The van der Waals surface area contributed by atoms with Crippen molar-refractivity contribution >= 4 is 11.4 Å². The molecule has 0 unspecified atom stereocenters. The molecule has 1 aromatic heterocycles. The Kier molecular flexibility index (Phi) is 2.95. The van der Waals surface area contributed by atoms with Crippen LogP contribution in [0.3, 0.4) is 0 Å². The number of benzene rings is 1. The summed E-state index contributed by atoms with van der Waals surface area (Å²) in [5, 5.41) is 26.9. The second-order valence-corrected chi connectivity index (χ2v) is 3.50. The molecule has 0 aliphatic heterocycles. The molecule has 0 saturated carbocycles. The first-order valence-corrected chi connectivity index (χ1v) is 4.87. The average molecular weight is 234 g/mol. The SMILES string of the molecule is Cc1cc(NCc2nn[nH]n2)cc([N+](=O)[O-])c1. The van der Waals surface area contributed by atoms with E-state index in [0.717, 1.165) is 5.56 Å². The zero-order valence-corrected chi connectivity index (χ0v) is 9.04. The molecule has 0 amide bonds. The fraction of sp³-hybridized carbons (Fsp3) is 0.222. The lowest BCUT2D eigenvalue weighted by atomic mass is 10.2. The molecule has 2 aromatic rings. The van der Waals surface area contributed by atoms with Gasteiger partial charge in [0.05, 0.1) is 11.5 Å². The smallest absolute Gasteiger partial charge is 0.271 e. The number of anilines is 1. The van der Waals surface area contributed by atoms with Crippen molar-refractivity contribution < 1.29 is 4.92 Å². The molecule has 1 aromatic carbocycles. The van der Waals surface area contributed by atoms with E-state index in [0.29, 0.717) is 18.1 Å². The van der Waals surface area contributed by atoms with Gasteiger partial charge in [0.2, 0.25) is 0 Å². The van der Waals surface area contributed by atoms with Crippen molar-refractivity contribution in [1.82, 2.24) is 20.6 Å². The van der Waals surface area contributed by atoms with Gasteiger partial charge in [-0.2, -0.15) is 5.21 Å². The van der Waals surface area contributed by atoms with Crippen molar-refractivity contribution in [2.24, 2.45) is 0 Å². The standard InChI is InChI=1S/C9H10N6O2/c1-6-2-7(4-8(3-6)15(16)17)10-5-9-11-13-14-12-9/h2-4,10H,5H2,1H3,(H,11,12,13,14). The maximum Gasteiger partial charge on any atom is 0.271 e. The van der Waals surface area contributed by atoms with Crippen LogP contribution in [-0.2, 0) is 6.54 Å². The Morgan fingerprint density at radius 1 is 1.47 bits per heavy atom. The van der Waals surface area contributed by atoms with Crippen molar-refractivity contribution in [3.63, 3.8) is 0 Å². The molecule has 2 N–H and O–H groups in total. The van der Waals surface area contributed by atoms with Crippen LogP contribution in [0.25, 0.3) is 0 Å². The number of rotatable bonds is 4. The normalized spacial score (nSPS) is 10.2. The second-order valence-electron chi connectivity index (χ2n) is 3.50. The maximum atomic E-state index is 10.7. The number of nitrogens with one attached hydrogen (secondary N) is 2. The van der Waals surface area contributed by atoms with E-state index >= 15 is 0 Å². The molecule has 0 bridgehead atoms.